The standard InChI is InChI=1S/C18H15ClN4O3/c1-23(10-11-5-7-12(19)8-6-11)18(26)14-15(24)17(25)22-16(21-14)13-4-2-3-9-20-13/h2-9,24H,10H2,1H3,(H,21,22,25). The van der Waals surface area contributed by atoms with E-state index in [0.717, 1.165) is 5.56 Å². The molecule has 0 unspecified atom stereocenters. The number of carbonyl (C=O) groups excluding carboxylic acids is 1. The summed E-state index contributed by atoms with van der Waals surface area (Å²) >= 11 is 5.85. The Morgan fingerprint density at radius 3 is 2.62 bits per heavy atom. The minimum atomic E-state index is -0.802. The molecule has 3 aromatic rings. The van der Waals surface area contributed by atoms with Gasteiger partial charge in [0.25, 0.3) is 11.5 Å². The van der Waals surface area contributed by atoms with Gasteiger partial charge < -0.3 is 15.0 Å². The largest absolute Gasteiger partial charge is 0.501 e. The van der Waals surface area contributed by atoms with E-state index in [4.69, 9.17) is 11.6 Å². The molecule has 1 amide bonds. The molecule has 1 aromatic carbocycles. The summed E-state index contributed by atoms with van der Waals surface area (Å²) in [6.07, 6.45) is 1.54. The zero-order valence-corrected chi connectivity index (χ0v) is 14.6. The van der Waals surface area contributed by atoms with Gasteiger partial charge in [-0.15, -0.1) is 0 Å². The first-order valence-corrected chi connectivity index (χ1v) is 8.08. The van der Waals surface area contributed by atoms with Crippen LogP contribution in [0.2, 0.25) is 5.02 Å². The molecule has 2 heterocycles. The molecule has 132 valence electrons. The topological polar surface area (TPSA) is 99.2 Å². The average Bonchev–Trinajstić information content (AvgIpc) is 2.65. The summed E-state index contributed by atoms with van der Waals surface area (Å²) in [6, 6.07) is 12.1. The second-order valence-electron chi connectivity index (χ2n) is 5.61. The molecule has 0 fully saturated rings. The Morgan fingerprint density at radius 1 is 1.23 bits per heavy atom. The summed E-state index contributed by atoms with van der Waals surface area (Å²) in [4.78, 5) is 36.6. The first-order valence-electron chi connectivity index (χ1n) is 7.70. The third kappa shape index (κ3) is 3.73. The van der Waals surface area contributed by atoms with Gasteiger partial charge >= 0.3 is 0 Å². The highest BCUT2D eigenvalue weighted by atomic mass is 35.5. The molecule has 0 radical (unpaired) electrons. The number of aromatic amines is 1. The number of aromatic nitrogens is 3. The number of nitrogens with one attached hydrogen (secondary N) is 1. The lowest BCUT2D eigenvalue weighted by Gasteiger charge is -2.17. The normalized spacial score (nSPS) is 10.5. The van der Waals surface area contributed by atoms with Crippen LogP contribution in [0, 0.1) is 0 Å². The Balaban J connectivity index is 1.92. The van der Waals surface area contributed by atoms with Gasteiger partial charge in [0.1, 0.15) is 5.69 Å². The number of rotatable bonds is 4. The number of amides is 1. The predicted molar refractivity (Wildman–Crippen MR) is 97.0 cm³/mol. The van der Waals surface area contributed by atoms with Crippen molar-refractivity contribution in [3.63, 3.8) is 0 Å². The van der Waals surface area contributed by atoms with Gasteiger partial charge in [0, 0.05) is 24.8 Å². The molecular weight excluding hydrogens is 356 g/mol. The molecule has 0 atom stereocenters. The molecule has 8 heteroatoms. The summed E-state index contributed by atoms with van der Waals surface area (Å²) in [5.74, 6) is -1.20. The number of hydrogen-bond donors (Lipinski definition) is 2. The van der Waals surface area contributed by atoms with Crippen molar-refractivity contribution >= 4 is 17.5 Å². The molecule has 2 N–H and O–H groups in total. The van der Waals surface area contributed by atoms with Gasteiger partial charge in [-0.25, -0.2) is 4.98 Å². The first-order chi connectivity index (χ1) is 12.5. The van der Waals surface area contributed by atoms with E-state index in [1.807, 2.05) is 0 Å². The monoisotopic (exact) mass is 370 g/mol. The molecule has 0 saturated carbocycles. The van der Waals surface area contributed by atoms with Gasteiger partial charge in [0.2, 0.25) is 5.75 Å². The van der Waals surface area contributed by atoms with Crippen molar-refractivity contribution in [1.29, 1.82) is 0 Å². The van der Waals surface area contributed by atoms with E-state index in [2.05, 4.69) is 15.0 Å². The molecule has 3 rings (SSSR count). The first kappa shape index (κ1) is 17.6. The van der Waals surface area contributed by atoms with Crippen LogP contribution in [0.15, 0.2) is 53.5 Å². The number of nitrogens with zero attached hydrogens (tertiary/aromatic N) is 3. The van der Waals surface area contributed by atoms with E-state index in [1.54, 1.807) is 49.5 Å². The summed E-state index contributed by atoms with van der Waals surface area (Å²) in [7, 11) is 1.56. The van der Waals surface area contributed by atoms with Crippen LogP contribution in [-0.2, 0) is 6.54 Å². The van der Waals surface area contributed by atoms with Crippen LogP contribution in [0.4, 0.5) is 0 Å². The predicted octanol–water partition coefficient (Wildman–Crippen LogP) is 2.46. The SMILES string of the molecule is CN(Cc1ccc(Cl)cc1)C(=O)c1nc(-c2ccccn2)[nH]c(=O)c1O. The summed E-state index contributed by atoms with van der Waals surface area (Å²) in [5, 5.41) is 10.6. The van der Waals surface area contributed by atoms with Crippen LogP contribution < -0.4 is 5.56 Å². The molecule has 0 bridgehead atoms. The Hall–Kier alpha value is -3.19. The Bertz CT molecular complexity index is 988. The van der Waals surface area contributed by atoms with Crippen molar-refractivity contribution in [2.24, 2.45) is 0 Å². The highest BCUT2D eigenvalue weighted by Crippen LogP contribution is 2.17. The number of hydrogen-bond acceptors (Lipinski definition) is 5. The molecular formula is C18H15ClN4O3. The van der Waals surface area contributed by atoms with Crippen molar-refractivity contribution in [2.45, 2.75) is 6.54 Å². The molecule has 0 aliphatic rings. The second kappa shape index (κ2) is 7.37. The van der Waals surface area contributed by atoms with Crippen LogP contribution >= 0.6 is 11.6 Å². The molecule has 0 spiro atoms. The molecule has 0 saturated heterocycles. The minimum Gasteiger partial charge on any atom is -0.501 e. The van der Waals surface area contributed by atoms with Gasteiger partial charge in [0.05, 0.1) is 0 Å². The van der Waals surface area contributed by atoms with Gasteiger partial charge in [-0.1, -0.05) is 29.8 Å². The maximum atomic E-state index is 12.7. The molecule has 26 heavy (non-hydrogen) atoms. The minimum absolute atomic E-state index is 0.108. The third-order valence-corrected chi connectivity index (χ3v) is 3.94. The summed E-state index contributed by atoms with van der Waals surface area (Å²) in [5.41, 5.74) is 0.105. The van der Waals surface area contributed by atoms with E-state index < -0.39 is 17.2 Å². The van der Waals surface area contributed by atoms with E-state index in [0.29, 0.717) is 10.7 Å². The van der Waals surface area contributed by atoms with Crippen molar-refractivity contribution in [3.05, 3.63) is 75.3 Å². The quantitative estimate of drug-likeness (QED) is 0.735. The highest BCUT2D eigenvalue weighted by molar-refractivity contribution is 6.30. The van der Waals surface area contributed by atoms with E-state index in [-0.39, 0.29) is 18.1 Å². The van der Waals surface area contributed by atoms with Gasteiger partial charge in [-0.2, -0.15) is 0 Å². The fourth-order valence-corrected chi connectivity index (χ4v) is 2.48. The number of halogens is 1. The molecule has 0 aliphatic heterocycles. The number of H-pyrrole nitrogens is 1. The van der Waals surface area contributed by atoms with Gasteiger partial charge in [-0.05, 0) is 29.8 Å². The Labute approximate surface area is 153 Å². The fraction of sp³-hybridized carbons (Fsp3) is 0.111. The zero-order valence-electron chi connectivity index (χ0n) is 13.8. The highest BCUT2D eigenvalue weighted by Gasteiger charge is 2.22. The maximum absolute atomic E-state index is 12.7. The van der Waals surface area contributed by atoms with Gasteiger partial charge in [-0.3, -0.25) is 14.6 Å². The lowest BCUT2D eigenvalue weighted by molar-refractivity contribution is 0.0775. The molecule has 0 aliphatic carbocycles. The van der Waals surface area contributed by atoms with Crippen molar-refractivity contribution in [1.82, 2.24) is 19.9 Å². The van der Waals surface area contributed by atoms with Crippen LogP contribution in [0.3, 0.4) is 0 Å². The fourth-order valence-electron chi connectivity index (χ4n) is 2.36. The summed E-state index contributed by atoms with van der Waals surface area (Å²) in [6.45, 7) is 0.267. The smallest absolute Gasteiger partial charge is 0.294 e. The van der Waals surface area contributed by atoms with E-state index in [9.17, 15) is 14.7 Å². The lowest BCUT2D eigenvalue weighted by atomic mass is 10.2. The maximum Gasteiger partial charge on any atom is 0.294 e. The zero-order chi connectivity index (χ0) is 18.7. The van der Waals surface area contributed by atoms with Crippen LogP contribution in [0.5, 0.6) is 5.75 Å². The Morgan fingerprint density at radius 2 is 1.96 bits per heavy atom. The molecule has 7 nitrogen and oxygen atoms in total. The Kier molecular flexibility index (Phi) is 4.99. The van der Waals surface area contributed by atoms with Crippen molar-refractivity contribution in [2.75, 3.05) is 7.05 Å². The second-order valence-corrected chi connectivity index (χ2v) is 6.05. The van der Waals surface area contributed by atoms with Crippen LogP contribution in [0.1, 0.15) is 16.1 Å². The van der Waals surface area contributed by atoms with E-state index in [1.165, 1.54) is 11.1 Å². The number of carbonyl (C=O) groups is 1. The van der Waals surface area contributed by atoms with E-state index >= 15 is 0 Å². The van der Waals surface area contributed by atoms with Crippen LogP contribution in [0.25, 0.3) is 11.5 Å². The third-order valence-electron chi connectivity index (χ3n) is 3.68. The van der Waals surface area contributed by atoms with Crippen LogP contribution in [-0.4, -0.2) is 37.9 Å². The number of aromatic hydroxyl groups is 1. The lowest BCUT2D eigenvalue weighted by Crippen LogP contribution is -2.29. The average molecular weight is 371 g/mol. The number of pyridine rings is 1. The van der Waals surface area contributed by atoms with Crippen molar-refractivity contribution in [3.8, 4) is 17.3 Å². The van der Waals surface area contributed by atoms with Gasteiger partial charge in [0.15, 0.2) is 11.5 Å². The molecule has 2 aromatic heterocycles. The number of benzene rings is 1. The summed E-state index contributed by atoms with van der Waals surface area (Å²) < 4.78 is 0. The van der Waals surface area contributed by atoms with Crippen molar-refractivity contribution < 1.29 is 9.90 Å².